The number of nitrogens with one attached hydrogen (secondary N) is 2. The second-order valence-electron chi connectivity index (χ2n) is 4.55. The van der Waals surface area contributed by atoms with Crippen LogP contribution in [0.4, 0.5) is 0 Å². The predicted octanol–water partition coefficient (Wildman–Crippen LogP) is 2.58. The molecule has 0 radical (unpaired) electrons. The molecule has 96 valence electrons. The Balaban J connectivity index is 2.13. The number of hydrogen-bond donors (Lipinski definition) is 2. The van der Waals surface area contributed by atoms with Crippen molar-refractivity contribution in [2.75, 3.05) is 7.11 Å². The first kappa shape index (κ1) is 12.6. The lowest BCUT2D eigenvalue weighted by molar-refractivity contribution is 0.415. The predicted molar refractivity (Wildman–Crippen MR) is 72.6 cm³/mol. The molecule has 2 aromatic rings. The minimum absolute atomic E-state index is 0.466. The number of methoxy groups -OCH3 is 1. The van der Waals surface area contributed by atoms with E-state index >= 15 is 0 Å². The zero-order valence-corrected chi connectivity index (χ0v) is 11.0. The van der Waals surface area contributed by atoms with Gasteiger partial charge in [0.1, 0.15) is 5.75 Å². The molecule has 4 heteroatoms. The zero-order valence-electron chi connectivity index (χ0n) is 11.0. The SMILES string of the molecule is COc1cccc(-c2cc(CNC(C)C)[nH]n2)c1. The normalized spacial score (nSPS) is 10.9. The Morgan fingerprint density at radius 2 is 2.17 bits per heavy atom. The van der Waals surface area contributed by atoms with Crippen LogP contribution in [0.25, 0.3) is 11.3 Å². The standard InChI is InChI=1S/C14H19N3O/c1-10(2)15-9-12-8-14(17-16-12)11-5-4-6-13(7-11)18-3/h4-8,10,15H,9H2,1-3H3,(H,16,17). The summed E-state index contributed by atoms with van der Waals surface area (Å²) in [7, 11) is 1.67. The van der Waals surface area contributed by atoms with Crippen molar-refractivity contribution in [2.45, 2.75) is 26.4 Å². The summed E-state index contributed by atoms with van der Waals surface area (Å²) < 4.78 is 5.21. The Kier molecular flexibility index (Phi) is 3.99. The Labute approximate surface area is 107 Å². The molecule has 2 rings (SSSR count). The Hall–Kier alpha value is -1.81. The van der Waals surface area contributed by atoms with Gasteiger partial charge in [-0.2, -0.15) is 5.10 Å². The summed E-state index contributed by atoms with van der Waals surface area (Å²) in [4.78, 5) is 0. The van der Waals surface area contributed by atoms with E-state index in [4.69, 9.17) is 4.74 Å². The monoisotopic (exact) mass is 245 g/mol. The van der Waals surface area contributed by atoms with E-state index in [1.807, 2.05) is 24.3 Å². The summed E-state index contributed by atoms with van der Waals surface area (Å²) in [6.45, 7) is 5.05. The van der Waals surface area contributed by atoms with Crippen molar-refractivity contribution < 1.29 is 4.74 Å². The molecule has 4 nitrogen and oxygen atoms in total. The lowest BCUT2D eigenvalue weighted by atomic mass is 10.1. The van der Waals surface area contributed by atoms with E-state index in [0.29, 0.717) is 6.04 Å². The number of aromatic nitrogens is 2. The van der Waals surface area contributed by atoms with Crippen LogP contribution in [0.15, 0.2) is 30.3 Å². The summed E-state index contributed by atoms with van der Waals surface area (Å²) in [6.07, 6.45) is 0. The minimum Gasteiger partial charge on any atom is -0.497 e. The van der Waals surface area contributed by atoms with Gasteiger partial charge in [-0.05, 0) is 18.2 Å². The highest BCUT2D eigenvalue weighted by Crippen LogP contribution is 2.22. The van der Waals surface area contributed by atoms with Crippen molar-refractivity contribution in [3.05, 3.63) is 36.0 Å². The van der Waals surface area contributed by atoms with Gasteiger partial charge in [0.05, 0.1) is 12.8 Å². The molecule has 0 aliphatic heterocycles. The third-order valence-electron chi connectivity index (χ3n) is 2.70. The van der Waals surface area contributed by atoms with Crippen molar-refractivity contribution in [3.8, 4) is 17.0 Å². The molecule has 0 saturated heterocycles. The third-order valence-corrected chi connectivity index (χ3v) is 2.70. The molecule has 0 saturated carbocycles. The maximum Gasteiger partial charge on any atom is 0.119 e. The number of rotatable bonds is 5. The maximum absolute atomic E-state index is 5.21. The molecule has 1 aromatic carbocycles. The summed E-state index contributed by atoms with van der Waals surface area (Å²) in [5, 5.41) is 10.7. The van der Waals surface area contributed by atoms with Crippen LogP contribution >= 0.6 is 0 Å². The first-order chi connectivity index (χ1) is 8.69. The van der Waals surface area contributed by atoms with Crippen molar-refractivity contribution in [1.29, 1.82) is 0 Å². The summed E-state index contributed by atoms with van der Waals surface area (Å²) >= 11 is 0. The van der Waals surface area contributed by atoms with Gasteiger partial charge in [0.2, 0.25) is 0 Å². The molecule has 0 aliphatic rings. The molecule has 0 atom stereocenters. The van der Waals surface area contributed by atoms with Crippen LogP contribution in [0.2, 0.25) is 0 Å². The zero-order chi connectivity index (χ0) is 13.0. The van der Waals surface area contributed by atoms with Crippen LogP contribution in [0.5, 0.6) is 5.75 Å². The van der Waals surface area contributed by atoms with E-state index < -0.39 is 0 Å². The second-order valence-corrected chi connectivity index (χ2v) is 4.55. The van der Waals surface area contributed by atoms with Crippen LogP contribution in [-0.2, 0) is 6.54 Å². The van der Waals surface area contributed by atoms with Crippen molar-refractivity contribution >= 4 is 0 Å². The average Bonchev–Trinajstić information content (AvgIpc) is 2.85. The van der Waals surface area contributed by atoms with Gasteiger partial charge in [-0.25, -0.2) is 0 Å². The van der Waals surface area contributed by atoms with Gasteiger partial charge in [0, 0.05) is 23.8 Å². The second kappa shape index (κ2) is 5.69. The molecule has 0 unspecified atom stereocenters. The molecule has 0 spiro atoms. The average molecular weight is 245 g/mol. The van der Waals surface area contributed by atoms with Gasteiger partial charge in [-0.1, -0.05) is 26.0 Å². The van der Waals surface area contributed by atoms with Gasteiger partial charge in [0.15, 0.2) is 0 Å². The Bertz CT molecular complexity index is 505. The van der Waals surface area contributed by atoms with Gasteiger partial charge in [0.25, 0.3) is 0 Å². The van der Waals surface area contributed by atoms with Gasteiger partial charge >= 0.3 is 0 Å². The summed E-state index contributed by atoms with van der Waals surface area (Å²) in [5.41, 5.74) is 3.08. The van der Waals surface area contributed by atoms with Crippen molar-refractivity contribution in [1.82, 2.24) is 15.5 Å². The number of benzene rings is 1. The van der Waals surface area contributed by atoms with Crippen LogP contribution in [0.3, 0.4) is 0 Å². The van der Waals surface area contributed by atoms with Gasteiger partial charge in [-0.15, -0.1) is 0 Å². The van der Waals surface area contributed by atoms with Crippen molar-refractivity contribution in [3.63, 3.8) is 0 Å². The molecule has 1 aromatic heterocycles. The van der Waals surface area contributed by atoms with E-state index in [1.165, 1.54) is 0 Å². The van der Waals surface area contributed by atoms with E-state index in [0.717, 1.165) is 29.2 Å². The largest absolute Gasteiger partial charge is 0.497 e. The quantitative estimate of drug-likeness (QED) is 0.851. The highest BCUT2D eigenvalue weighted by molar-refractivity contribution is 5.61. The third kappa shape index (κ3) is 3.11. The van der Waals surface area contributed by atoms with Crippen LogP contribution in [0, 0.1) is 0 Å². The number of H-pyrrole nitrogens is 1. The molecular weight excluding hydrogens is 226 g/mol. The fourth-order valence-electron chi connectivity index (χ4n) is 1.70. The Morgan fingerprint density at radius 3 is 2.89 bits per heavy atom. The lowest BCUT2D eigenvalue weighted by Crippen LogP contribution is -2.21. The van der Waals surface area contributed by atoms with E-state index in [1.54, 1.807) is 7.11 Å². The summed E-state index contributed by atoms with van der Waals surface area (Å²) in [5.74, 6) is 0.845. The van der Waals surface area contributed by atoms with Gasteiger partial charge < -0.3 is 10.1 Å². The highest BCUT2D eigenvalue weighted by Gasteiger charge is 2.05. The topological polar surface area (TPSA) is 49.9 Å². The Morgan fingerprint density at radius 1 is 1.33 bits per heavy atom. The highest BCUT2D eigenvalue weighted by atomic mass is 16.5. The van der Waals surface area contributed by atoms with E-state index in [9.17, 15) is 0 Å². The molecule has 0 aliphatic carbocycles. The van der Waals surface area contributed by atoms with Crippen LogP contribution in [0.1, 0.15) is 19.5 Å². The number of ether oxygens (including phenoxy) is 1. The van der Waals surface area contributed by atoms with Crippen molar-refractivity contribution in [2.24, 2.45) is 0 Å². The molecule has 0 amide bonds. The first-order valence-electron chi connectivity index (χ1n) is 6.11. The molecule has 2 N–H and O–H groups in total. The number of aromatic amines is 1. The van der Waals surface area contributed by atoms with E-state index in [-0.39, 0.29) is 0 Å². The lowest BCUT2D eigenvalue weighted by Gasteiger charge is -2.04. The van der Waals surface area contributed by atoms with Gasteiger partial charge in [-0.3, -0.25) is 5.10 Å². The molecule has 0 bridgehead atoms. The fourth-order valence-corrected chi connectivity index (χ4v) is 1.70. The molecular formula is C14H19N3O. The summed E-state index contributed by atoms with van der Waals surface area (Å²) in [6, 6.07) is 10.4. The van der Waals surface area contributed by atoms with Crippen LogP contribution < -0.4 is 10.1 Å². The fraction of sp³-hybridized carbons (Fsp3) is 0.357. The molecule has 1 heterocycles. The first-order valence-corrected chi connectivity index (χ1v) is 6.11. The van der Waals surface area contributed by atoms with E-state index in [2.05, 4.69) is 35.4 Å². The number of nitrogens with zero attached hydrogens (tertiary/aromatic N) is 1. The molecule has 18 heavy (non-hydrogen) atoms. The van der Waals surface area contributed by atoms with Crippen LogP contribution in [-0.4, -0.2) is 23.3 Å². The minimum atomic E-state index is 0.466. The smallest absolute Gasteiger partial charge is 0.119 e. The molecule has 0 fully saturated rings. The number of hydrogen-bond acceptors (Lipinski definition) is 3. The maximum atomic E-state index is 5.21.